The SMILES string of the molecule is CCNc1nc(C2CC2)nc(N2CCOCC2C)c1C. The van der Waals surface area contributed by atoms with Gasteiger partial charge in [-0.05, 0) is 33.6 Å². The molecule has 2 fully saturated rings. The molecule has 1 saturated carbocycles. The summed E-state index contributed by atoms with van der Waals surface area (Å²) in [5.41, 5.74) is 1.16. The predicted octanol–water partition coefficient (Wildman–Crippen LogP) is 2.32. The topological polar surface area (TPSA) is 50.3 Å². The van der Waals surface area contributed by atoms with E-state index in [1.807, 2.05) is 0 Å². The fourth-order valence-electron chi connectivity index (χ4n) is 2.71. The van der Waals surface area contributed by atoms with Crippen molar-refractivity contribution in [3.63, 3.8) is 0 Å². The highest BCUT2D eigenvalue weighted by atomic mass is 16.5. The number of nitrogens with zero attached hydrogens (tertiary/aromatic N) is 3. The number of ether oxygens (including phenoxy) is 1. The average molecular weight is 276 g/mol. The third-order valence-electron chi connectivity index (χ3n) is 4.06. The molecule has 0 aromatic carbocycles. The molecule has 1 saturated heterocycles. The molecule has 2 heterocycles. The summed E-state index contributed by atoms with van der Waals surface area (Å²) in [7, 11) is 0. The highest BCUT2D eigenvalue weighted by Gasteiger charge is 2.30. The van der Waals surface area contributed by atoms with Crippen LogP contribution in [0.3, 0.4) is 0 Å². The molecule has 1 aliphatic heterocycles. The molecule has 1 unspecified atom stereocenters. The number of hydrogen-bond donors (Lipinski definition) is 1. The van der Waals surface area contributed by atoms with E-state index in [4.69, 9.17) is 14.7 Å². The first kappa shape index (κ1) is 13.6. The van der Waals surface area contributed by atoms with Gasteiger partial charge in [0.15, 0.2) is 0 Å². The van der Waals surface area contributed by atoms with Gasteiger partial charge in [0.25, 0.3) is 0 Å². The summed E-state index contributed by atoms with van der Waals surface area (Å²) in [4.78, 5) is 12.0. The fourth-order valence-corrected chi connectivity index (χ4v) is 2.71. The van der Waals surface area contributed by atoms with E-state index in [2.05, 4.69) is 31.0 Å². The summed E-state index contributed by atoms with van der Waals surface area (Å²) < 4.78 is 5.54. The molecule has 110 valence electrons. The molecule has 1 aliphatic carbocycles. The van der Waals surface area contributed by atoms with E-state index in [9.17, 15) is 0 Å². The second kappa shape index (κ2) is 5.56. The predicted molar refractivity (Wildman–Crippen MR) is 80.5 cm³/mol. The third-order valence-corrected chi connectivity index (χ3v) is 4.06. The van der Waals surface area contributed by atoms with Crippen molar-refractivity contribution in [2.75, 3.05) is 36.5 Å². The Morgan fingerprint density at radius 1 is 1.35 bits per heavy atom. The molecule has 2 aliphatic rings. The molecular formula is C15H24N4O. The van der Waals surface area contributed by atoms with Gasteiger partial charge in [0, 0.05) is 24.6 Å². The van der Waals surface area contributed by atoms with Gasteiger partial charge in [-0.15, -0.1) is 0 Å². The minimum atomic E-state index is 0.374. The van der Waals surface area contributed by atoms with E-state index in [0.717, 1.165) is 49.3 Å². The van der Waals surface area contributed by atoms with Gasteiger partial charge >= 0.3 is 0 Å². The van der Waals surface area contributed by atoms with E-state index >= 15 is 0 Å². The number of rotatable bonds is 4. The largest absolute Gasteiger partial charge is 0.377 e. The smallest absolute Gasteiger partial charge is 0.137 e. The van der Waals surface area contributed by atoms with Crippen molar-refractivity contribution < 1.29 is 4.74 Å². The van der Waals surface area contributed by atoms with Gasteiger partial charge in [0.05, 0.1) is 19.3 Å². The van der Waals surface area contributed by atoms with Crippen LogP contribution in [0, 0.1) is 6.92 Å². The van der Waals surface area contributed by atoms with Gasteiger partial charge in [0.2, 0.25) is 0 Å². The van der Waals surface area contributed by atoms with Crippen molar-refractivity contribution in [3.8, 4) is 0 Å². The number of aromatic nitrogens is 2. The number of morpholine rings is 1. The first-order valence-electron chi connectivity index (χ1n) is 7.67. The maximum atomic E-state index is 5.54. The van der Waals surface area contributed by atoms with E-state index in [-0.39, 0.29) is 0 Å². The van der Waals surface area contributed by atoms with Gasteiger partial charge in [0.1, 0.15) is 17.5 Å². The highest BCUT2D eigenvalue weighted by Crippen LogP contribution is 2.40. The van der Waals surface area contributed by atoms with Crippen LogP contribution in [0.15, 0.2) is 0 Å². The van der Waals surface area contributed by atoms with Crippen LogP contribution in [-0.2, 0) is 4.74 Å². The number of anilines is 2. The van der Waals surface area contributed by atoms with Crippen LogP contribution in [0.5, 0.6) is 0 Å². The third kappa shape index (κ3) is 2.59. The lowest BCUT2D eigenvalue weighted by molar-refractivity contribution is 0.0984. The molecule has 1 aromatic rings. The Hall–Kier alpha value is -1.36. The van der Waals surface area contributed by atoms with Gasteiger partial charge in [-0.3, -0.25) is 0 Å². The van der Waals surface area contributed by atoms with Gasteiger partial charge in [-0.2, -0.15) is 0 Å². The zero-order valence-electron chi connectivity index (χ0n) is 12.6. The second-order valence-electron chi connectivity index (χ2n) is 5.80. The van der Waals surface area contributed by atoms with Crippen molar-refractivity contribution >= 4 is 11.6 Å². The average Bonchev–Trinajstić information content (AvgIpc) is 3.27. The monoisotopic (exact) mass is 276 g/mol. The van der Waals surface area contributed by atoms with Crippen LogP contribution in [-0.4, -0.2) is 42.3 Å². The van der Waals surface area contributed by atoms with Crippen molar-refractivity contribution in [2.24, 2.45) is 0 Å². The Labute approximate surface area is 120 Å². The van der Waals surface area contributed by atoms with Crippen molar-refractivity contribution in [1.29, 1.82) is 0 Å². The maximum absolute atomic E-state index is 5.54. The molecule has 1 N–H and O–H groups in total. The Kier molecular flexibility index (Phi) is 3.78. The summed E-state index contributed by atoms with van der Waals surface area (Å²) in [6, 6.07) is 0.374. The Morgan fingerprint density at radius 3 is 2.80 bits per heavy atom. The summed E-state index contributed by atoms with van der Waals surface area (Å²) >= 11 is 0. The summed E-state index contributed by atoms with van der Waals surface area (Å²) in [5, 5.41) is 3.38. The van der Waals surface area contributed by atoms with E-state index in [1.165, 1.54) is 12.8 Å². The molecule has 0 radical (unpaired) electrons. The van der Waals surface area contributed by atoms with Gasteiger partial charge in [-0.1, -0.05) is 0 Å². The van der Waals surface area contributed by atoms with Crippen LogP contribution in [0.1, 0.15) is 44.0 Å². The quantitative estimate of drug-likeness (QED) is 0.914. The molecule has 0 spiro atoms. The van der Waals surface area contributed by atoms with Crippen LogP contribution in [0.2, 0.25) is 0 Å². The normalized spacial score (nSPS) is 22.9. The molecule has 1 atom stereocenters. The van der Waals surface area contributed by atoms with Crippen LogP contribution >= 0.6 is 0 Å². The molecule has 0 amide bonds. The fraction of sp³-hybridized carbons (Fsp3) is 0.733. The second-order valence-corrected chi connectivity index (χ2v) is 5.80. The molecule has 5 nitrogen and oxygen atoms in total. The van der Waals surface area contributed by atoms with Crippen LogP contribution in [0.25, 0.3) is 0 Å². The van der Waals surface area contributed by atoms with Gasteiger partial charge in [-0.25, -0.2) is 9.97 Å². The van der Waals surface area contributed by atoms with E-state index in [0.29, 0.717) is 12.0 Å². The zero-order valence-corrected chi connectivity index (χ0v) is 12.6. The summed E-state index contributed by atoms with van der Waals surface area (Å²) in [5.74, 6) is 3.68. The molecular weight excluding hydrogens is 252 g/mol. The molecule has 3 rings (SSSR count). The van der Waals surface area contributed by atoms with Crippen molar-refractivity contribution in [3.05, 3.63) is 11.4 Å². The molecule has 20 heavy (non-hydrogen) atoms. The van der Waals surface area contributed by atoms with E-state index < -0.39 is 0 Å². The first-order chi connectivity index (χ1) is 9.70. The van der Waals surface area contributed by atoms with Gasteiger partial charge < -0.3 is 15.0 Å². The Morgan fingerprint density at radius 2 is 2.15 bits per heavy atom. The standard InChI is InChI=1S/C15H24N4O/c1-4-16-13-11(3)15(18-14(17-13)12-5-6-12)19-7-8-20-9-10(19)2/h10,12H,4-9H2,1-3H3,(H,16,17,18). The lowest BCUT2D eigenvalue weighted by atomic mass is 10.2. The lowest BCUT2D eigenvalue weighted by Gasteiger charge is -2.35. The summed E-state index contributed by atoms with van der Waals surface area (Å²) in [6.07, 6.45) is 2.46. The lowest BCUT2D eigenvalue weighted by Crippen LogP contribution is -2.44. The zero-order chi connectivity index (χ0) is 14.1. The van der Waals surface area contributed by atoms with E-state index in [1.54, 1.807) is 0 Å². The van der Waals surface area contributed by atoms with Crippen molar-refractivity contribution in [1.82, 2.24) is 9.97 Å². The highest BCUT2D eigenvalue weighted by molar-refractivity contribution is 5.59. The number of nitrogens with one attached hydrogen (secondary N) is 1. The minimum absolute atomic E-state index is 0.374. The first-order valence-corrected chi connectivity index (χ1v) is 7.67. The summed E-state index contributed by atoms with van der Waals surface area (Å²) in [6.45, 7) is 9.78. The van der Waals surface area contributed by atoms with Crippen molar-refractivity contribution in [2.45, 2.75) is 45.6 Å². The minimum Gasteiger partial charge on any atom is -0.377 e. The molecule has 0 bridgehead atoms. The Balaban J connectivity index is 1.98. The van der Waals surface area contributed by atoms with Crippen LogP contribution in [0.4, 0.5) is 11.6 Å². The molecule has 1 aromatic heterocycles. The van der Waals surface area contributed by atoms with Crippen LogP contribution < -0.4 is 10.2 Å². The molecule has 5 heteroatoms. The maximum Gasteiger partial charge on any atom is 0.137 e. The number of hydrogen-bond acceptors (Lipinski definition) is 5. The Bertz CT molecular complexity index is 487.